The first kappa shape index (κ1) is 23.5. The molecule has 3 aromatic carbocycles. The lowest BCUT2D eigenvalue weighted by Crippen LogP contribution is -2.30. The summed E-state index contributed by atoms with van der Waals surface area (Å²) in [5, 5.41) is 3.15. The number of Topliss-reactive ketones (excluding diaryl/α,β-unsaturated/α-hetero) is 1. The molecule has 0 aliphatic rings. The molecule has 0 fully saturated rings. The molecule has 0 saturated carbocycles. The highest BCUT2D eigenvalue weighted by molar-refractivity contribution is 7.89. The van der Waals surface area contributed by atoms with Crippen LogP contribution in [0.15, 0.2) is 83.8 Å². The molecule has 0 bridgehead atoms. The molecule has 0 aliphatic heterocycles. The van der Waals surface area contributed by atoms with E-state index in [4.69, 9.17) is 16.3 Å². The number of hydrogen-bond donors (Lipinski definition) is 2. The number of halogens is 1. The maximum Gasteiger partial charge on any atom is 0.265 e. The summed E-state index contributed by atoms with van der Waals surface area (Å²) in [5.41, 5.74) is 0.818. The van der Waals surface area contributed by atoms with Crippen LogP contribution in [0.1, 0.15) is 17.3 Å². The lowest BCUT2D eigenvalue weighted by molar-refractivity contribution is -0.122. The number of carbonyl (C=O) groups excluding carboxylic acids is 2. The molecule has 9 heteroatoms. The van der Waals surface area contributed by atoms with Gasteiger partial charge in [0, 0.05) is 16.3 Å². The molecule has 0 spiro atoms. The van der Waals surface area contributed by atoms with Crippen LogP contribution in [0.3, 0.4) is 0 Å². The maximum atomic E-state index is 12.5. The molecule has 1 atom stereocenters. The zero-order valence-corrected chi connectivity index (χ0v) is 18.7. The first-order valence-electron chi connectivity index (χ1n) is 9.66. The number of nitrogens with one attached hydrogen (secondary N) is 2. The maximum absolute atomic E-state index is 12.5. The molecule has 0 radical (unpaired) electrons. The van der Waals surface area contributed by atoms with Gasteiger partial charge in [0.15, 0.2) is 11.9 Å². The zero-order valence-electron chi connectivity index (χ0n) is 17.1. The van der Waals surface area contributed by atoms with Crippen LogP contribution in [0.2, 0.25) is 5.02 Å². The number of rotatable bonds is 9. The molecule has 0 heterocycles. The first-order valence-corrected chi connectivity index (χ1v) is 11.5. The summed E-state index contributed by atoms with van der Waals surface area (Å²) >= 11 is 5.91. The van der Waals surface area contributed by atoms with Crippen LogP contribution in [0.5, 0.6) is 5.75 Å². The fourth-order valence-corrected chi connectivity index (χ4v) is 3.89. The number of carbonyl (C=O) groups is 2. The summed E-state index contributed by atoms with van der Waals surface area (Å²) in [6.07, 6.45) is -0.803. The molecule has 3 rings (SSSR count). The third-order valence-electron chi connectivity index (χ3n) is 4.43. The van der Waals surface area contributed by atoms with Gasteiger partial charge in [-0.25, -0.2) is 13.1 Å². The Hall–Kier alpha value is -3.20. The van der Waals surface area contributed by atoms with E-state index in [1.807, 2.05) is 0 Å². The lowest BCUT2D eigenvalue weighted by atomic mass is 10.1. The fourth-order valence-electron chi connectivity index (χ4n) is 2.73. The van der Waals surface area contributed by atoms with E-state index in [1.54, 1.807) is 61.5 Å². The fraction of sp³-hybridized carbons (Fsp3) is 0.130. The highest BCUT2D eigenvalue weighted by atomic mass is 35.5. The van der Waals surface area contributed by atoms with Crippen molar-refractivity contribution < 1.29 is 22.7 Å². The van der Waals surface area contributed by atoms with Gasteiger partial charge < -0.3 is 10.1 Å². The Balaban J connectivity index is 1.57. The average Bonchev–Trinajstić information content (AvgIpc) is 2.78. The predicted octanol–water partition coefficient (Wildman–Crippen LogP) is 3.91. The van der Waals surface area contributed by atoms with Crippen LogP contribution in [0.4, 0.5) is 5.69 Å². The molecule has 0 unspecified atom stereocenters. The molecular weight excluding hydrogens is 452 g/mol. The van der Waals surface area contributed by atoms with Crippen molar-refractivity contribution in [2.75, 3.05) is 11.9 Å². The Bertz CT molecular complexity index is 1200. The molecule has 166 valence electrons. The van der Waals surface area contributed by atoms with E-state index in [-0.39, 0.29) is 17.2 Å². The van der Waals surface area contributed by atoms with E-state index in [0.717, 1.165) is 0 Å². The second kappa shape index (κ2) is 10.4. The minimum atomic E-state index is -3.89. The van der Waals surface area contributed by atoms with Gasteiger partial charge in [-0.3, -0.25) is 9.59 Å². The topological polar surface area (TPSA) is 102 Å². The van der Waals surface area contributed by atoms with Gasteiger partial charge in [0.1, 0.15) is 5.75 Å². The molecule has 7 nitrogen and oxygen atoms in total. The molecule has 0 aliphatic carbocycles. The van der Waals surface area contributed by atoms with Gasteiger partial charge in [0.25, 0.3) is 5.91 Å². The standard InChI is InChI=1S/C23H21ClN2O5S/c1-16(31-20-9-5-8-18(24)14-20)23(28)26-19-10-12-21(13-11-19)32(29,30)25-15-22(27)17-6-3-2-4-7-17/h2-14,16,25H,15H2,1H3,(H,26,28)/t16-/m0/s1. The number of amides is 1. The SMILES string of the molecule is C[C@H](Oc1cccc(Cl)c1)C(=O)Nc1ccc(S(=O)(=O)NCC(=O)c2ccccc2)cc1. The molecule has 3 aromatic rings. The molecule has 2 N–H and O–H groups in total. The third-order valence-corrected chi connectivity index (χ3v) is 6.08. The smallest absolute Gasteiger partial charge is 0.265 e. The summed E-state index contributed by atoms with van der Waals surface area (Å²) in [4.78, 5) is 24.4. The van der Waals surface area contributed by atoms with E-state index >= 15 is 0 Å². The van der Waals surface area contributed by atoms with Crippen LogP contribution < -0.4 is 14.8 Å². The summed E-state index contributed by atoms with van der Waals surface area (Å²) in [6, 6.07) is 20.7. The van der Waals surface area contributed by atoms with E-state index in [2.05, 4.69) is 10.0 Å². The second-order valence-corrected chi connectivity index (χ2v) is 9.05. The summed E-state index contributed by atoms with van der Waals surface area (Å²) in [7, 11) is -3.89. The van der Waals surface area contributed by atoms with Crippen molar-refractivity contribution >= 4 is 39.0 Å². The van der Waals surface area contributed by atoms with Crippen LogP contribution in [0.25, 0.3) is 0 Å². The minimum Gasteiger partial charge on any atom is -0.481 e. The van der Waals surface area contributed by atoms with Crippen molar-refractivity contribution in [2.24, 2.45) is 0 Å². The third kappa shape index (κ3) is 6.40. The van der Waals surface area contributed by atoms with Crippen LogP contribution >= 0.6 is 11.6 Å². The highest BCUT2D eigenvalue weighted by Gasteiger charge is 2.18. The Morgan fingerprint density at radius 1 is 0.969 bits per heavy atom. The first-order chi connectivity index (χ1) is 15.2. The zero-order chi connectivity index (χ0) is 23.1. The van der Waals surface area contributed by atoms with Crippen molar-refractivity contribution in [1.29, 1.82) is 0 Å². The van der Waals surface area contributed by atoms with Crippen molar-refractivity contribution in [3.8, 4) is 5.75 Å². The van der Waals surface area contributed by atoms with Crippen molar-refractivity contribution in [1.82, 2.24) is 4.72 Å². The van der Waals surface area contributed by atoms with E-state index in [1.165, 1.54) is 24.3 Å². The Kier molecular flexibility index (Phi) is 7.63. The lowest BCUT2D eigenvalue weighted by Gasteiger charge is -2.15. The predicted molar refractivity (Wildman–Crippen MR) is 123 cm³/mol. The molecular formula is C23H21ClN2O5S. The van der Waals surface area contributed by atoms with Gasteiger partial charge in [-0.05, 0) is 49.4 Å². The minimum absolute atomic E-state index is 0.0282. The number of hydrogen-bond acceptors (Lipinski definition) is 5. The molecule has 0 saturated heterocycles. The molecule has 0 aromatic heterocycles. The second-order valence-electron chi connectivity index (χ2n) is 6.84. The van der Waals surface area contributed by atoms with E-state index in [0.29, 0.717) is 22.0 Å². The quantitative estimate of drug-likeness (QED) is 0.460. The van der Waals surface area contributed by atoms with Crippen molar-refractivity contribution in [3.05, 3.63) is 89.4 Å². The number of ether oxygens (including phenoxy) is 1. The van der Waals surface area contributed by atoms with Gasteiger partial charge in [0.2, 0.25) is 10.0 Å². The summed E-state index contributed by atoms with van der Waals surface area (Å²) < 4.78 is 32.8. The number of ketones is 1. The number of anilines is 1. The van der Waals surface area contributed by atoms with Crippen LogP contribution in [-0.2, 0) is 14.8 Å². The van der Waals surface area contributed by atoms with Crippen molar-refractivity contribution in [3.63, 3.8) is 0 Å². The van der Waals surface area contributed by atoms with E-state index < -0.39 is 22.0 Å². The molecule has 32 heavy (non-hydrogen) atoms. The normalized spacial score (nSPS) is 12.1. The monoisotopic (exact) mass is 472 g/mol. The Labute approximate surface area is 191 Å². The Morgan fingerprint density at radius 3 is 2.31 bits per heavy atom. The largest absolute Gasteiger partial charge is 0.481 e. The number of sulfonamides is 1. The van der Waals surface area contributed by atoms with Gasteiger partial charge >= 0.3 is 0 Å². The highest BCUT2D eigenvalue weighted by Crippen LogP contribution is 2.19. The summed E-state index contributed by atoms with van der Waals surface area (Å²) in [5.74, 6) is -0.295. The van der Waals surface area contributed by atoms with Gasteiger partial charge in [-0.15, -0.1) is 0 Å². The Morgan fingerprint density at radius 2 is 1.66 bits per heavy atom. The van der Waals surface area contributed by atoms with Gasteiger partial charge in [0.05, 0.1) is 11.4 Å². The summed E-state index contributed by atoms with van der Waals surface area (Å²) in [6.45, 7) is 1.23. The molecule has 1 amide bonds. The van der Waals surface area contributed by atoms with E-state index in [9.17, 15) is 18.0 Å². The average molecular weight is 473 g/mol. The van der Waals surface area contributed by atoms with Crippen molar-refractivity contribution in [2.45, 2.75) is 17.9 Å². The number of benzene rings is 3. The van der Waals surface area contributed by atoms with Gasteiger partial charge in [-0.1, -0.05) is 48.0 Å². The van der Waals surface area contributed by atoms with Gasteiger partial charge in [-0.2, -0.15) is 0 Å². The van der Waals surface area contributed by atoms with Crippen LogP contribution in [0, 0.1) is 0 Å². The van der Waals surface area contributed by atoms with Crippen LogP contribution in [-0.4, -0.2) is 32.8 Å².